The van der Waals surface area contributed by atoms with Crippen molar-refractivity contribution < 1.29 is 4.79 Å². The lowest BCUT2D eigenvalue weighted by Crippen LogP contribution is -2.46. The molecule has 146 valence electrons. The first-order valence-electron chi connectivity index (χ1n) is 9.22. The number of nitrogens with zero attached hydrogens (tertiary/aromatic N) is 1. The van der Waals surface area contributed by atoms with E-state index >= 15 is 0 Å². The summed E-state index contributed by atoms with van der Waals surface area (Å²) < 4.78 is 0. The molecule has 1 aromatic rings. The highest BCUT2D eigenvalue weighted by Crippen LogP contribution is 2.34. The number of carbonyl (C=O) groups excluding carboxylic acids is 1. The van der Waals surface area contributed by atoms with Crippen LogP contribution in [0.5, 0.6) is 0 Å². The van der Waals surface area contributed by atoms with Gasteiger partial charge in [-0.3, -0.25) is 9.79 Å². The highest BCUT2D eigenvalue weighted by atomic mass is 127. The van der Waals surface area contributed by atoms with E-state index in [-0.39, 0.29) is 29.9 Å². The second kappa shape index (κ2) is 10.7. The molecule has 0 spiro atoms. The number of halogens is 1. The molecule has 1 aliphatic rings. The summed E-state index contributed by atoms with van der Waals surface area (Å²) in [6, 6.07) is 8.26. The van der Waals surface area contributed by atoms with Crippen LogP contribution in [0.3, 0.4) is 0 Å². The van der Waals surface area contributed by atoms with Crippen LogP contribution in [-0.4, -0.2) is 38.5 Å². The minimum Gasteiger partial charge on any atom is -0.356 e. The van der Waals surface area contributed by atoms with E-state index in [9.17, 15) is 4.79 Å². The lowest BCUT2D eigenvalue weighted by molar-refractivity contribution is 0.0963. The molecular weight excluding hydrogens is 439 g/mol. The Labute approximate surface area is 174 Å². The molecule has 0 radical (unpaired) electrons. The van der Waals surface area contributed by atoms with Crippen LogP contribution in [0.15, 0.2) is 29.3 Å². The zero-order valence-electron chi connectivity index (χ0n) is 16.4. The number of hydrogen-bond acceptors (Lipinski definition) is 2. The Bertz CT molecular complexity index is 606. The molecule has 0 aliphatic heterocycles. The summed E-state index contributed by atoms with van der Waals surface area (Å²) in [4.78, 5) is 16.0. The zero-order valence-corrected chi connectivity index (χ0v) is 18.7. The molecule has 0 atom stereocenters. The Morgan fingerprint density at radius 3 is 2.58 bits per heavy atom. The van der Waals surface area contributed by atoms with E-state index in [0.29, 0.717) is 17.0 Å². The third kappa shape index (κ3) is 7.13. The largest absolute Gasteiger partial charge is 0.356 e. The quantitative estimate of drug-likeness (QED) is 0.350. The number of amides is 1. The van der Waals surface area contributed by atoms with Gasteiger partial charge in [-0.15, -0.1) is 24.0 Å². The van der Waals surface area contributed by atoms with Crippen LogP contribution in [0.4, 0.5) is 0 Å². The van der Waals surface area contributed by atoms with Crippen LogP contribution in [0.1, 0.15) is 55.5 Å². The molecule has 5 nitrogen and oxygen atoms in total. The average Bonchev–Trinajstić information content (AvgIpc) is 2.62. The van der Waals surface area contributed by atoms with Crippen molar-refractivity contribution in [1.82, 2.24) is 16.0 Å². The minimum atomic E-state index is -0.0486. The molecule has 2 rings (SSSR count). The van der Waals surface area contributed by atoms with Crippen molar-refractivity contribution in [3.05, 3.63) is 35.4 Å². The summed E-state index contributed by atoms with van der Waals surface area (Å²) in [5, 5.41) is 9.59. The molecular formula is C20H33IN4O. The Balaban J connectivity index is 0.00000338. The number of rotatable bonds is 5. The Morgan fingerprint density at radius 2 is 1.96 bits per heavy atom. The molecule has 1 fully saturated rings. The third-order valence-corrected chi connectivity index (χ3v) is 5.03. The van der Waals surface area contributed by atoms with Crippen LogP contribution in [-0.2, 0) is 6.42 Å². The summed E-state index contributed by atoms with van der Waals surface area (Å²) in [5.41, 5.74) is 2.32. The number of guanidine groups is 1. The van der Waals surface area contributed by atoms with Crippen LogP contribution in [0.2, 0.25) is 0 Å². The normalized spacial score (nSPS) is 17.2. The average molecular weight is 472 g/mol. The Morgan fingerprint density at radius 1 is 1.27 bits per heavy atom. The first kappa shape index (κ1) is 22.7. The number of nitrogens with one attached hydrogen (secondary N) is 3. The van der Waals surface area contributed by atoms with Gasteiger partial charge < -0.3 is 16.0 Å². The summed E-state index contributed by atoms with van der Waals surface area (Å²) in [7, 11) is 3.47. The van der Waals surface area contributed by atoms with Gasteiger partial charge in [0.15, 0.2) is 5.96 Å². The van der Waals surface area contributed by atoms with Crippen molar-refractivity contribution >= 4 is 35.8 Å². The lowest BCUT2D eigenvalue weighted by atomic mass is 9.75. The minimum absolute atomic E-state index is 0. The van der Waals surface area contributed by atoms with Crippen molar-refractivity contribution in [1.29, 1.82) is 0 Å². The lowest BCUT2D eigenvalue weighted by Gasteiger charge is -2.35. The maximum absolute atomic E-state index is 11.7. The first-order chi connectivity index (χ1) is 11.9. The predicted molar refractivity (Wildman–Crippen MR) is 119 cm³/mol. The smallest absolute Gasteiger partial charge is 0.251 e. The van der Waals surface area contributed by atoms with E-state index < -0.39 is 0 Å². The second-order valence-electron chi connectivity index (χ2n) is 7.61. The molecule has 0 saturated heterocycles. The summed E-state index contributed by atoms with van der Waals surface area (Å²) in [6.45, 7) is 5.49. The van der Waals surface area contributed by atoms with Gasteiger partial charge in [-0.1, -0.05) is 26.0 Å². The topological polar surface area (TPSA) is 65.5 Å². The SMILES string of the molecule is CN=C(NCCc1cccc(C(=O)NC)c1)NC1CCC(C)(C)CC1.I. The number of aliphatic imine (C=N–C) groups is 1. The molecule has 1 aromatic carbocycles. The van der Waals surface area contributed by atoms with Gasteiger partial charge in [-0.2, -0.15) is 0 Å². The van der Waals surface area contributed by atoms with Gasteiger partial charge in [-0.25, -0.2) is 0 Å². The van der Waals surface area contributed by atoms with E-state index in [1.165, 1.54) is 25.7 Å². The summed E-state index contributed by atoms with van der Waals surface area (Å²) >= 11 is 0. The molecule has 3 N–H and O–H groups in total. The predicted octanol–water partition coefficient (Wildman–Crippen LogP) is 3.34. The van der Waals surface area contributed by atoms with E-state index in [0.717, 1.165) is 24.5 Å². The van der Waals surface area contributed by atoms with Crippen LogP contribution in [0, 0.1) is 5.41 Å². The van der Waals surface area contributed by atoms with Gasteiger partial charge >= 0.3 is 0 Å². The maximum Gasteiger partial charge on any atom is 0.251 e. The standard InChI is InChI=1S/C20H32N4O.HI/c1-20(2)11-8-17(9-12-20)24-19(22-4)23-13-10-15-6-5-7-16(14-15)18(25)21-3;/h5-7,14,17H,8-13H2,1-4H3,(H,21,25)(H2,22,23,24);1H. The van der Waals surface area contributed by atoms with Crippen molar-refractivity contribution in [3.8, 4) is 0 Å². The number of hydrogen-bond donors (Lipinski definition) is 3. The van der Waals surface area contributed by atoms with Crippen molar-refractivity contribution in [2.75, 3.05) is 20.6 Å². The van der Waals surface area contributed by atoms with Gasteiger partial charge in [0.05, 0.1) is 0 Å². The molecule has 1 amide bonds. The Hall–Kier alpha value is -1.31. The van der Waals surface area contributed by atoms with E-state index in [1.807, 2.05) is 31.3 Å². The van der Waals surface area contributed by atoms with Crippen molar-refractivity contribution in [2.24, 2.45) is 10.4 Å². The van der Waals surface area contributed by atoms with Gasteiger partial charge in [0, 0.05) is 32.2 Å². The monoisotopic (exact) mass is 472 g/mol. The van der Waals surface area contributed by atoms with E-state index in [2.05, 4.69) is 34.8 Å². The fourth-order valence-electron chi connectivity index (χ4n) is 3.27. The summed E-state index contributed by atoms with van der Waals surface area (Å²) in [6.07, 6.45) is 5.76. The van der Waals surface area contributed by atoms with Gasteiger partial charge in [-0.05, 0) is 55.2 Å². The van der Waals surface area contributed by atoms with Gasteiger partial charge in [0.25, 0.3) is 5.91 Å². The van der Waals surface area contributed by atoms with Gasteiger partial charge in [0.1, 0.15) is 0 Å². The molecule has 1 aliphatic carbocycles. The molecule has 26 heavy (non-hydrogen) atoms. The summed E-state index contributed by atoms with van der Waals surface area (Å²) in [5.74, 6) is 0.819. The van der Waals surface area contributed by atoms with Crippen molar-refractivity contribution in [2.45, 2.75) is 52.0 Å². The molecule has 1 saturated carbocycles. The van der Waals surface area contributed by atoms with Crippen LogP contribution in [0.25, 0.3) is 0 Å². The number of carbonyl (C=O) groups is 1. The molecule has 6 heteroatoms. The van der Waals surface area contributed by atoms with E-state index in [4.69, 9.17) is 0 Å². The van der Waals surface area contributed by atoms with Gasteiger partial charge in [0.2, 0.25) is 0 Å². The van der Waals surface area contributed by atoms with E-state index in [1.54, 1.807) is 7.05 Å². The fourth-order valence-corrected chi connectivity index (χ4v) is 3.27. The molecule has 0 aromatic heterocycles. The second-order valence-corrected chi connectivity index (χ2v) is 7.61. The van der Waals surface area contributed by atoms with Crippen LogP contribution < -0.4 is 16.0 Å². The molecule has 0 unspecified atom stereocenters. The maximum atomic E-state index is 11.7. The molecule has 0 heterocycles. The molecule has 0 bridgehead atoms. The first-order valence-corrected chi connectivity index (χ1v) is 9.22. The zero-order chi connectivity index (χ0) is 18.3. The van der Waals surface area contributed by atoms with Crippen LogP contribution >= 0.6 is 24.0 Å². The highest BCUT2D eigenvalue weighted by Gasteiger charge is 2.27. The highest BCUT2D eigenvalue weighted by molar-refractivity contribution is 14.0. The number of benzene rings is 1. The fraction of sp³-hybridized carbons (Fsp3) is 0.600. The van der Waals surface area contributed by atoms with Crippen molar-refractivity contribution in [3.63, 3.8) is 0 Å². The third-order valence-electron chi connectivity index (χ3n) is 5.03. The Kier molecular flexibility index (Phi) is 9.39.